The van der Waals surface area contributed by atoms with Gasteiger partial charge in [-0.3, -0.25) is 9.74 Å². The Morgan fingerprint density at radius 3 is 2.55 bits per heavy atom. The van der Waals surface area contributed by atoms with Crippen molar-refractivity contribution in [3.05, 3.63) is 82.4 Å². The summed E-state index contributed by atoms with van der Waals surface area (Å²) < 4.78 is 0.0868. The fourth-order valence-electron chi connectivity index (χ4n) is 5.13. The van der Waals surface area contributed by atoms with Crippen molar-refractivity contribution in [2.75, 3.05) is 26.7 Å². The molecule has 0 radical (unpaired) electrons. The van der Waals surface area contributed by atoms with Crippen LogP contribution >= 0.6 is 11.6 Å². The molecule has 0 saturated carbocycles. The van der Waals surface area contributed by atoms with Crippen LogP contribution in [0.2, 0.25) is 5.02 Å². The van der Waals surface area contributed by atoms with Gasteiger partial charge in [-0.25, -0.2) is 9.59 Å². The predicted octanol–water partition coefficient (Wildman–Crippen LogP) is 4.56. The molecule has 1 aliphatic heterocycles. The molecule has 0 bridgehead atoms. The molecule has 2 aliphatic rings. The maximum Gasteiger partial charge on any atom is 0.390 e. The molecular weight excluding hydrogens is 440 g/mol. The van der Waals surface area contributed by atoms with E-state index in [1.807, 2.05) is 19.2 Å². The van der Waals surface area contributed by atoms with E-state index in [0.717, 1.165) is 36.7 Å². The number of halogens is 1. The molecule has 4 rings (SSSR count). The van der Waals surface area contributed by atoms with Crippen molar-refractivity contribution in [2.24, 2.45) is 0 Å². The zero-order valence-electron chi connectivity index (χ0n) is 19.2. The van der Waals surface area contributed by atoms with E-state index in [2.05, 4.69) is 55.1 Å². The second-order valence-electron chi connectivity index (χ2n) is 9.68. The highest BCUT2D eigenvalue weighted by Gasteiger charge is 2.51. The Morgan fingerprint density at radius 1 is 1.15 bits per heavy atom. The quantitative estimate of drug-likeness (QED) is 0.513. The Bertz CT molecular complexity index is 1080. The second-order valence-corrected chi connectivity index (χ2v) is 10.1. The first-order valence-electron chi connectivity index (χ1n) is 11.2. The van der Waals surface area contributed by atoms with Crippen LogP contribution in [0.25, 0.3) is 0 Å². The fraction of sp³-hybridized carbons (Fsp3) is 0.385. The van der Waals surface area contributed by atoms with Gasteiger partial charge in [-0.15, -0.1) is 4.65 Å². The number of rotatable bonds is 5. The molecule has 2 aromatic carbocycles. The number of carboxylic acids is 1. The number of piperazine rings is 1. The van der Waals surface area contributed by atoms with E-state index in [1.165, 1.54) is 16.7 Å². The van der Waals surface area contributed by atoms with Crippen LogP contribution in [0.1, 0.15) is 48.9 Å². The first-order chi connectivity index (χ1) is 15.6. The average molecular weight is 470 g/mol. The van der Waals surface area contributed by atoms with Crippen molar-refractivity contribution in [3.63, 3.8) is 0 Å². The van der Waals surface area contributed by atoms with Gasteiger partial charge in [0.15, 0.2) is 0 Å². The molecule has 1 heterocycles. The minimum Gasteiger partial charge on any atom is -0.478 e. The summed E-state index contributed by atoms with van der Waals surface area (Å²) in [6.07, 6.45) is 2.75. The number of hydrogen-bond acceptors (Lipinski definition) is 4. The second kappa shape index (κ2) is 8.93. The molecule has 33 heavy (non-hydrogen) atoms. The van der Waals surface area contributed by atoms with Gasteiger partial charge in [0.25, 0.3) is 0 Å². The molecule has 1 aliphatic carbocycles. The average Bonchev–Trinajstić information content (AvgIpc) is 3.13. The Kier molecular flexibility index (Phi) is 6.36. The molecule has 0 amide bonds. The van der Waals surface area contributed by atoms with Crippen LogP contribution < -0.4 is 0 Å². The van der Waals surface area contributed by atoms with Crippen LogP contribution in [0.4, 0.5) is 0 Å². The highest BCUT2D eigenvalue weighted by Crippen LogP contribution is 2.48. The third kappa shape index (κ3) is 4.69. The Labute approximate surface area is 199 Å². The van der Waals surface area contributed by atoms with Gasteiger partial charge < -0.3 is 5.11 Å². The monoisotopic (exact) mass is 469 g/mol. The number of carboxylic acid groups (broad SMARTS) is 1. The zero-order chi connectivity index (χ0) is 23.8. The number of fused-ring (bicyclic) bond motifs is 1. The number of likely N-dealkylation sites (N-methyl/N-ethyl adjacent to an activating group) is 1. The van der Waals surface area contributed by atoms with Crippen LogP contribution in [0.5, 0.6) is 0 Å². The summed E-state index contributed by atoms with van der Waals surface area (Å²) in [5.74, 6) is -1.51. The van der Waals surface area contributed by atoms with Crippen molar-refractivity contribution in [3.8, 4) is 0 Å². The molecule has 1 fully saturated rings. The molecule has 0 aromatic heterocycles. The lowest BCUT2D eigenvalue weighted by molar-refractivity contribution is -1.11. The summed E-state index contributed by atoms with van der Waals surface area (Å²) in [6, 6.07) is 17.0. The minimum atomic E-state index is -1.18. The first kappa shape index (κ1) is 23.5. The van der Waals surface area contributed by atoms with E-state index in [0.29, 0.717) is 12.5 Å². The number of quaternary nitrogens is 1. The topological polar surface area (TPSA) is 66.8 Å². The van der Waals surface area contributed by atoms with Gasteiger partial charge in [0.1, 0.15) is 19.1 Å². The van der Waals surface area contributed by atoms with Gasteiger partial charge in [0, 0.05) is 29.1 Å². The largest absolute Gasteiger partial charge is 0.478 e. The molecule has 6 nitrogen and oxygen atoms in total. The lowest BCUT2D eigenvalue weighted by Crippen LogP contribution is -2.69. The maximum absolute atomic E-state index is 12.2. The van der Waals surface area contributed by atoms with Crippen molar-refractivity contribution < 1.29 is 24.2 Å². The van der Waals surface area contributed by atoms with Crippen molar-refractivity contribution >= 4 is 23.5 Å². The number of nitrogens with zero attached hydrogens (tertiary/aromatic N) is 2. The molecular formula is C26H30ClN2O4+. The minimum absolute atomic E-state index is 0.0868. The smallest absolute Gasteiger partial charge is 0.390 e. The standard InChI is InChI=1S/C26H29ClN2O4/c1-26(2)17-28(13-14-29(26,3)33-25(32)12-11-24(30)31)23-16-21(18-7-5-4-6-8-18)20-10-9-19(27)15-22(20)23/h4-12,15,21,23H,13-14,16-17H2,1-3H3/p+1/b12-11+/t21-,23+,29?/m0/s1. The number of carbonyl (C=O) groups is 2. The van der Waals surface area contributed by atoms with Gasteiger partial charge in [0.2, 0.25) is 0 Å². The number of carbonyl (C=O) groups excluding carboxylic acids is 1. The van der Waals surface area contributed by atoms with Gasteiger partial charge in [-0.1, -0.05) is 48.0 Å². The molecule has 174 valence electrons. The van der Waals surface area contributed by atoms with Crippen LogP contribution in [0.3, 0.4) is 0 Å². The van der Waals surface area contributed by atoms with E-state index < -0.39 is 17.5 Å². The normalized spacial score (nSPS) is 26.8. The molecule has 1 unspecified atom stereocenters. The highest BCUT2D eigenvalue weighted by atomic mass is 35.5. The van der Waals surface area contributed by atoms with Crippen LogP contribution in [0.15, 0.2) is 60.7 Å². The molecule has 7 heteroatoms. The van der Waals surface area contributed by atoms with E-state index >= 15 is 0 Å². The summed E-state index contributed by atoms with van der Waals surface area (Å²) in [5.41, 5.74) is 3.50. The van der Waals surface area contributed by atoms with Crippen LogP contribution in [0, 0.1) is 0 Å². The number of aliphatic carboxylic acids is 1. The lowest BCUT2D eigenvalue weighted by atomic mass is 9.93. The first-order valence-corrected chi connectivity index (χ1v) is 11.6. The van der Waals surface area contributed by atoms with E-state index in [1.54, 1.807) is 0 Å². The highest BCUT2D eigenvalue weighted by molar-refractivity contribution is 6.30. The Morgan fingerprint density at radius 2 is 1.88 bits per heavy atom. The zero-order valence-corrected chi connectivity index (χ0v) is 20.0. The SMILES string of the molecule is CC1(C)CN([C@@H]2C[C@@H](c3ccccc3)c3ccc(Cl)cc32)CC[N+]1(C)OC(=O)/C=C/C(=O)O. The fourth-order valence-corrected chi connectivity index (χ4v) is 5.31. The van der Waals surface area contributed by atoms with E-state index in [-0.39, 0.29) is 10.7 Å². The Balaban J connectivity index is 1.57. The molecule has 1 saturated heterocycles. The van der Waals surface area contributed by atoms with Gasteiger partial charge in [-0.2, -0.15) is 0 Å². The van der Waals surface area contributed by atoms with Crippen LogP contribution in [-0.2, 0) is 14.4 Å². The summed E-state index contributed by atoms with van der Waals surface area (Å²) in [7, 11) is 1.89. The van der Waals surface area contributed by atoms with Crippen molar-refractivity contribution in [1.29, 1.82) is 0 Å². The Hall–Kier alpha value is -2.67. The predicted molar refractivity (Wildman–Crippen MR) is 127 cm³/mol. The summed E-state index contributed by atoms with van der Waals surface area (Å²) >= 11 is 6.40. The van der Waals surface area contributed by atoms with Crippen molar-refractivity contribution in [1.82, 2.24) is 4.90 Å². The summed E-state index contributed by atoms with van der Waals surface area (Å²) in [4.78, 5) is 31.2. The third-order valence-electron chi connectivity index (χ3n) is 7.22. The molecule has 2 aromatic rings. The molecule has 3 atom stereocenters. The van der Waals surface area contributed by atoms with Gasteiger partial charge >= 0.3 is 11.9 Å². The number of benzene rings is 2. The van der Waals surface area contributed by atoms with Crippen LogP contribution in [-0.4, -0.2) is 58.8 Å². The molecule has 1 N–H and O–H groups in total. The summed E-state index contributed by atoms with van der Waals surface area (Å²) in [6.45, 7) is 6.22. The van der Waals surface area contributed by atoms with E-state index in [9.17, 15) is 9.59 Å². The summed E-state index contributed by atoms with van der Waals surface area (Å²) in [5, 5.41) is 9.52. The van der Waals surface area contributed by atoms with Crippen molar-refractivity contribution in [2.45, 2.75) is 37.8 Å². The van der Waals surface area contributed by atoms with Gasteiger partial charge in [0.05, 0.1) is 13.1 Å². The van der Waals surface area contributed by atoms with E-state index in [4.69, 9.17) is 21.5 Å². The molecule has 0 spiro atoms. The maximum atomic E-state index is 12.2. The third-order valence-corrected chi connectivity index (χ3v) is 7.46. The van der Waals surface area contributed by atoms with Gasteiger partial charge in [-0.05, 0) is 49.1 Å². The number of hydrogen-bond donors (Lipinski definition) is 1. The number of hydroxylamine groups is 3. The lowest BCUT2D eigenvalue weighted by Gasteiger charge is -2.51.